The number of hydrogen-bond acceptors (Lipinski definition) is 7. The van der Waals surface area contributed by atoms with E-state index in [0.29, 0.717) is 16.9 Å². The quantitative estimate of drug-likeness (QED) is 0.718. The molecular weight excluding hydrogens is 306 g/mol. The molecule has 1 aromatic carbocycles. The van der Waals surface area contributed by atoms with Crippen molar-refractivity contribution in [3.8, 4) is 0 Å². The number of rotatable bonds is 4. The number of amides is 1. The van der Waals surface area contributed by atoms with Gasteiger partial charge in [-0.25, -0.2) is 0 Å². The van der Waals surface area contributed by atoms with Gasteiger partial charge >= 0.3 is 0 Å². The van der Waals surface area contributed by atoms with Gasteiger partial charge in [0.05, 0.1) is 35.1 Å². The lowest BCUT2D eigenvalue weighted by Crippen LogP contribution is -2.14. The number of pyridine rings is 1. The zero-order chi connectivity index (χ0) is 14.7. The Balaban J connectivity index is 1.67. The zero-order valence-corrected chi connectivity index (χ0v) is 12.4. The molecule has 0 aliphatic carbocycles. The third kappa shape index (κ3) is 3.11. The van der Waals surface area contributed by atoms with Gasteiger partial charge in [0.15, 0.2) is 0 Å². The van der Waals surface area contributed by atoms with Gasteiger partial charge in [-0.2, -0.15) is 8.75 Å². The molecule has 3 N–H and O–H groups in total. The number of carbonyl (C=O) groups excluding carboxylic acids is 1. The first-order chi connectivity index (χ1) is 10.2. The fourth-order valence-electron chi connectivity index (χ4n) is 1.76. The van der Waals surface area contributed by atoms with Gasteiger partial charge in [-0.1, -0.05) is 6.07 Å². The summed E-state index contributed by atoms with van der Waals surface area (Å²) in [6, 6.07) is 7.31. The molecule has 0 aliphatic rings. The molecule has 2 heterocycles. The van der Waals surface area contributed by atoms with Crippen LogP contribution in [0.1, 0.15) is 0 Å². The Morgan fingerprint density at radius 1 is 1.33 bits per heavy atom. The van der Waals surface area contributed by atoms with Gasteiger partial charge in [-0.3, -0.25) is 9.78 Å². The molecule has 0 bridgehead atoms. The number of carbonyl (C=O) groups is 1. The maximum absolute atomic E-state index is 12.0. The standard InChI is InChI=1S/C13H11N5OS2/c14-8-6-15-5-4-11(8)20-7-12(19)16-9-2-1-3-10-13(9)18-21-17-10/h1-6H,7,14H2,(H,16,19). The van der Waals surface area contributed by atoms with Crippen LogP contribution in [-0.4, -0.2) is 25.4 Å². The lowest BCUT2D eigenvalue weighted by Gasteiger charge is -2.06. The lowest BCUT2D eigenvalue weighted by molar-refractivity contribution is -0.113. The summed E-state index contributed by atoms with van der Waals surface area (Å²) in [6.45, 7) is 0. The second kappa shape index (κ2) is 6.06. The number of aromatic nitrogens is 3. The first-order valence-electron chi connectivity index (χ1n) is 6.07. The predicted octanol–water partition coefficient (Wildman–Crippen LogP) is 2.40. The van der Waals surface area contributed by atoms with Crippen molar-refractivity contribution in [2.75, 3.05) is 16.8 Å². The van der Waals surface area contributed by atoms with Crippen LogP contribution in [-0.2, 0) is 4.79 Å². The second-order valence-electron chi connectivity index (χ2n) is 4.19. The number of nitrogens with one attached hydrogen (secondary N) is 1. The Morgan fingerprint density at radius 3 is 3.10 bits per heavy atom. The van der Waals surface area contributed by atoms with Crippen LogP contribution in [0.4, 0.5) is 11.4 Å². The summed E-state index contributed by atoms with van der Waals surface area (Å²) in [5.74, 6) is 0.152. The lowest BCUT2D eigenvalue weighted by atomic mass is 10.2. The molecule has 6 nitrogen and oxygen atoms in total. The fourth-order valence-corrected chi connectivity index (χ4v) is 3.05. The van der Waals surface area contributed by atoms with Crippen LogP contribution >= 0.6 is 23.5 Å². The summed E-state index contributed by atoms with van der Waals surface area (Å²) >= 11 is 2.50. The molecule has 8 heteroatoms. The van der Waals surface area contributed by atoms with E-state index in [0.717, 1.165) is 22.1 Å². The molecule has 0 spiro atoms. The van der Waals surface area contributed by atoms with E-state index < -0.39 is 0 Å². The molecule has 3 aromatic rings. The smallest absolute Gasteiger partial charge is 0.234 e. The molecule has 0 aliphatic heterocycles. The maximum atomic E-state index is 12.0. The Labute approximate surface area is 129 Å². The molecule has 106 valence electrons. The Hall–Kier alpha value is -2.19. The molecule has 3 rings (SSSR count). The highest BCUT2D eigenvalue weighted by molar-refractivity contribution is 8.00. The van der Waals surface area contributed by atoms with Crippen molar-refractivity contribution in [1.82, 2.24) is 13.7 Å². The van der Waals surface area contributed by atoms with Gasteiger partial charge in [-0.05, 0) is 18.2 Å². The normalized spacial score (nSPS) is 10.7. The van der Waals surface area contributed by atoms with Gasteiger partial charge in [0.2, 0.25) is 5.91 Å². The number of nitrogens with zero attached hydrogens (tertiary/aromatic N) is 3. The monoisotopic (exact) mass is 317 g/mol. The van der Waals surface area contributed by atoms with Crippen LogP contribution in [0.15, 0.2) is 41.6 Å². The van der Waals surface area contributed by atoms with E-state index in [2.05, 4.69) is 19.0 Å². The summed E-state index contributed by atoms with van der Waals surface area (Å²) in [4.78, 5) is 16.8. The molecule has 1 amide bonds. The molecule has 0 saturated carbocycles. The first-order valence-corrected chi connectivity index (χ1v) is 7.79. The van der Waals surface area contributed by atoms with Crippen LogP contribution in [0.5, 0.6) is 0 Å². The maximum Gasteiger partial charge on any atom is 0.234 e. The van der Waals surface area contributed by atoms with Gasteiger partial charge < -0.3 is 11.1 Å². The van der Waals surface area contributed by atoms with E-state index in [1.165, 1.54) is 11.8 Å². The minimum Gasteiger partial charge on any atom is -0.397 e. The van der Waals surface area contributed by atoms with Gasteiger partial charge in [0.1, 0.15) is 11.0 Å². The minimum absolute atomic E-state index is 0.114. The topological polar surface area (TPSA) is 93.8 Å². The molecule has 2 aromatic heterocycles. The number of fused-ring (bicyclic) bond motifs is 1. The number of benzene rings is 1. The minimum atomic E-state index is -0.114. The molecule has 0 fully saturated rings. The van der Waals surface area contributed by atoms with Crippen LogP contribution in [0.25, 0.3) is 11.0 Å². The fraction of sp³-hybridized carbons (Fsp3) is 0.0769. The average Bonchev–Trinajstić information content (AvgIpc) is 2.96. The van der Waals surface area contributed by atoms with Crippen molar-refractivity contribution in [1.29, 1.82) is 0 Å². The van der Waals surface area contributed by atoms with Crippen LogP contribution in [0.3, 0.4) is 0 Å². The molecule has 21 heavy (non-hydrogen) atoms. The predicted molar refractivity (Wildman–Crippen MR) is 85.4 cm³/mol. The summed E-state index contributed by atoms with van der Waals surface area (Å²) in [6.07, 6.45) is 3.22. The van der Waals surface area contributed by atoms with Crippen molar-refractivity contribution < 1.29 is 4.79 Å². The van der Waals surface area contributed by atoms with E-state index in [1.54, 1.807) is 18.5 Å². The average molecular weight is 317 g/mol. The van der Waals surface area contributed by atoms with Crippen molar-refractivity contribution in [2.24, 2.45) is 0 Å². The number of nitrogen functional groups attached to an aromatic ring is 1. The van der Waals surface area contributed by atoms with E-state index in [1.807, 2.05) is 18.2 Å². The number of nitrogens with two attached hydrogens (primary N) is 1. The molecule has 0 saturated heterocycles. The highest BCUT2D eigenvalue weighted by Gasteiger charge is 2.09. The van der Waals surface area contributed by atoms with Crippen LogP contribution < -0.4 is 11.1 Å². The van der Waals surface area contributed by atoms with Crippen LogP contribution in [0, 0.1) is 0 Å². The van der Waals surface area contributed by atoms with E-state index >= 15 is 0 Å². The third-order valence-electron chi connectivity index (χ3n) is 2.73. The Bertz CT molecular complexity index is 789. The third-order valence-corrected chi connectivity index (χ3v) is 4.36. The first kappa shape index (κ1) is 13.8. The second-order valence-corrected chi connectivity index (χ2v) is 5.73. The van der Waals surface area contributed by atoms with Gasteiger partial charge in [-0.15, -0.1) is 11.8 Å². The molecule has 0 radical (unpaired) electrons. The van der Waals surface area contributed by atoms with Crippen molar-refractivity contribution in [3.05, 3.63) is 36.7 Å². The summed E-state index contributed by atoms with van der Waals surface area (Å²) in [5, 5.41) is 2.85. The van der Waals surface area contributed by atoms with Crippen LogP contribution in [0.2, 0.25) is 0 Å². The van der Waals surface area contributed by atoms with E-state index in [-0.39, 0.29) is 11.7 Å². The van der Waals surface area contributed by atoms with Crippen molar-refractivity contribution >= 4 is 51.8 Å². The van der Waals surface area contributed by atoms with Gasteiger partial charge in [0, 0.05) is 11.1 Å². The highest BCUT2D eigenvalue weighted by atomic mass is 32.2. The summed E-state index contributed by atoms with van der Waals surface area (Å²) in [7, 11) is 0. The SMILES string of the molecule is Nc1cnccc1SCC(=O)Nc1cccc2nsnc12. The number of hydrogen-bond donors (Lipinski definition) is 2. The van der Waals surface area contributed by atoms with Crippen molar-refractivity contribution in [2.45, 2.75) is 4.90 Å². The van der Waals surface area contributed by atoms with Gasteiger partial charge in [0.25, 0.3) is 0 Å². The Kier molecular flexibility index (Phi) is 3.98. The largest absolute Gasteiger partial charge is 0.397 e. The molecular formula is C13H11N5OS2. The molecule has 0 atom stereocenters. The molecule has 0 unspecified atom stereocenters. The number of anilines is 2. The summed E-state index contributed by atoms with van der Waals surface area (Å²) in [5.41, 5.74) is 8.53. The highest BCUT2D eigenvalue weighted by Crippen LogP contribution is 2.25. The van der Waals surface area contributed by atoms with E-state index in [4.69, 9.17) is 5.73 Å². The Morgan fingerprint density at radius 2 is 2.24 bits per heavy atom. The summed E-state index contributed by atoms with van der Waals surface area (Å²) < 4.78 is 8.33. The van der Waals surface area contributed by atoms with E-state index in [9.17, 15) is 4.79 Å². The zero-order valence-electron chi connectivity index (χ0n) is 10.8. The number of thioether (sulfide) groups is 1. The van der Waals surface area contributed by atoms with Crippen molar-refractivity contribution in [3.63, 3.8) is 0 Å².